The summed E-state index contributed by atoms with van der Waals surface area (Å²) in [6.07, 6.45) is 4.04. The highest BCUT2D eigenvalue weighted by Crippen LogP contribution is 2.31. The standard InChI is InChI=1S/C24H22N6O3/c1-25-23(31)22-19-8-7-16(12-20(19)28-29-22)17-11-18(14-26-13-17)27-24(32)30-21(9-10-33-30)15-5-3-2-4-6-15/h2-8,11-14,21H,9-10H2,1H3,(H,25,31)(H,27,32)(H,28,29)/t21-/m0/s1. The minimum atomic E-state index is -0.348. The highest BCUT2D eigenvalue weighted by molar-refractivity contribution is 6.05. The molecule has 3 heterocycles. The van der Waals surface area contributed by atoms with Gasteiger partial charge in [0.05, 0.1) is 30.0 Å². The Kier molecular flexibility index (Phi) is 5.45. The van der Waals surface area contributed by atoms with Crippen LogP contribution in [0.4, 0.5) is 10.5 Å². The molecule has 33 heavy (non-hydrogen) atoms. The fourth-order valence-electron chi connectivity index (χ4n) is 3.98. The van der Waals surface area contributed by atoms with Crippen molar-refractivity contribution >= 4 is 28.5 Å². The van der Waals surface area contributed by atoms with Crippen LogP contribution in [0, 0.1) is 0 Å². The number of H-pyrrole nitrogens is 1. The smallest absolute Gasteiger partial charge is 0.346 e. The molecule has 1 saturated heterocycles. The first-order valence-electron chi connectivity index (χ1n) is 10.6. The molecular weight excluding hydrogens is 420 g/mol. The van der Waals surface area contributed by atoms with Crippen molar-refractivity contribution in [2.45, 2.75) is 12.5 Å². The van der Waals surface area contributed by atoms with E-state index in [1.54, 1.807) is 19.4 Å². The normalized spacial score (nSPS) is 15.5. The van der Waals surface area contributed by atoms with Gasteiger partial charge in [-0.15, -0.1) is 0 Å². The molecule has 0 bridgehead atoms. The molecule has 1 aliphatic heterocycles. The number of benzene rings is 2. The van der Waals surface area contributed by atoms with Gasteiger partial charge < -0.3 is 10.6 Å². The largest absolute Gasteiger partial charge is 0.354 e. The highest BCUT2D eigenvalue weighted by Gasteiger charge is 2.31. The van der Waals surface area contributed by atoms with Crippen molar-refractivity contribution in [2.75, 3.05) is 19.0 Å². The topological polar surface area (TPSA) is 112 Å². The highest BCUT2D eigenvalue weighted by atomic mass is 16.7. The number of hydrogen-bond donors (Lipinski definition) is 3. The van der Waals surface area contributed by atoms with E-state index >= 15 is 0 Å². The number of urea groups is 1. The van der Waals surface area contributed by atoms with Gasteiger partial charge in [0.15, 0.2) is 5.69 Å². The van der Waals surface area contributed by atoms with Gasteiger partial charge in [0.2, 0.25) is 0 Å². The van der Waals surface area contributed by atoms with Crippen LogP contribution >= 0.6 is 0 Å². The van der Waals surface area contributed by atoms with Gasteiger partial charge >= 0.3 is 6.03 Å². The number of aromatic amines is 1. The number of aromatic nitrogens is 3. The number of amides is 3. The van der Waals surface area contributed by atoms with Gasteiger partial charge in [-0.05, 0) is 29.3 Å². The van der Waals surface area contributed by atoms with Crippen molar-refractivity contribution in [3.63, 3.8) is 0 Å². The maximum Gasteiger partial charge on any atom is 0.346 e. The molecule has 5 rings (SSSR count). The van der Waals surface area contributed by atoms with Crippen LogP contribution in [-0.4, -0.2) is 45.8 Å². The zero-order valence-corrected chi connectivity index (χ0v) is 17.9. The van der Waals surface area contributed by atoms with Crippen LogP contribution in [-0.2, 0) is 4.84 Å². The predicted molar refractivity (Wildman–Crippen MR) is 123 cm³/mol. The van der Waals surface area contributed by atoms with Gasteiger partial charge in [0.1, 0.15) is 0 Å². The molecule has 4 aromatic rings. The molecule has 9 heteroatoms. The molecule has 9 nitrogen and oxygen atoms in total. The van der Waals surface area contributed by atoms with E-state index in [1.165, 1.54) is 5.06 Å². The number of carbonyl (C=O) groups is 2. The second kappa shape index (κ2) is 8.71. The molecule has 0 spiro atoms. The summed E-state index contributed by atoms with van der Waals surface area (Å²) >= 11 is 0. The Morgan fingerprint density at radius 1 is 1.09 bits per heavy atom. The van der Waals surface area contributed by atoms with Crippen LogP contribution in [0.2, 0.25) is 0 Å². The van der Waals surface area contributed by atoms with Crippen molar-refractivity contribution in [3.05, 3.63) is 78.2 Å². The summed E-state index contributed by atoms with van der Waals surface area (Å²) in [6, 6.07) is 16.8. The van der Waals surface area contributed by atoms with Crippen LogP contribution in [0.3, 0.4) is 0 Å². The van der Waals surface area contributed by atoms with Gasteiger partial charge in [0.25, 0.3) is 5.91 Å². The molecule has 1 atom stereocenters. The van der Waals surface area contributed by atoms with E-state index in [0.29, 0.717) is 18.0 Å². The zero-order valence-electron chi connectivity index (χ0n) is 17.9. The first-order valence-corrected chi connectivity index (χ1v) is 10.6. The van der Waals surface area contributed by atoms with Gasteiger partial charge in [-0.1, -0.05) is 36.4 Å². The molecule has 0 unspecified atom stereocenters. The lowest BCUT2D eigenvalue weighted by Gasteiger charge is -2.23. The van der Waals surface area contributed by atoms with E-state index < -0.39 is 0 Å². The Bertz CT molecular complexity index is 1320. The van der Waals surface area contributed by atoms with Gasteiger partial charge in [-0.25, -0.2) is 4.79 Å². The number of nitrogens with zero attached hydrogens (tertiary/aromatic N) is 3. The molecule has 1 fully saturated rings. The number of rotatable bonds is 4. The Morgan fingerprint density at radius 3 is 2.76 bits per heavy atom. The average molecular weight is 442 g/mol. The molecule has 1 aliphatic rings. The summed E-state index contributed by atoms with van der Waals surface area (Å²) in [5.41, 5.74) is 4.34. The Balaban J connectivity index is 1.36. The quantitative estimate of drug-likeness (QED) is 0.444. The summed E-state index contributed by atoms with van der Waals surface area (Å²) in [5.74, 6) is -0.252. The number of nitrogens with one attached hydrogen (secondary N) is 3. The zero-order chi connectivity index (χ0) is 22.8. The third-order valence-electron chi connectivity index (χ3n) is 5.62. The number of anilines is 1. The van der Waals surface area contributed by atoms with Crippen molar-refractivity contribution in [1.82, 2.24) is 25.6 Å². The van der Waals surface area contributed by atoms with E-state index in [1.807, 2.05) is 54.6 Å². The number of pyridine rings is 1. The maximum absolute atomic E-state index is 12.9. The summed E-state index contributed by atoms with van der Waals surface area (Å²) in [4.78, 5) is 34.8. The summed E-state index contributed by atoms with van der Waals surface area (Å²) in [7, 11) is 1.57. The van der Waals surface area contributed by atoms with E-state index in [4.69, 9.17) is 4.84 Å². The molecular formula is C24H22N6O3. The maximum atomic E-state index is 12.9. The predicted octanol–water partition coefficient (Wildman–Crippen LogP) is 3.90. The van der Waals surface area contributed by atoms with Crippen molar-refractivity contribution in [3.8, 4) is 11.1 Å². The lowest BCUT2D eigenvalue weighted by atomic mass is 10.0. The molecule has 2 aromatic carbocycles. The lowest BCUT2D eigenvalue weighted by molar-refractivity contribution is -0.0829. The SMILES string of the molecule is CNC(=O)c1n[nH]c2cc(-c3cncc(NC(=O)N4OCC[C@H]4c4ccccc4)c3)ccc12. The van der Waals surface area contributed by atoms with Crippen LogP contribution in [0.15, 0.2) is 67.0 Å². The number of carbonyl (C=O) groups excluding carboxylic acids is 2. The first-order chi connectivity index (χ1) is 16.1. The van der Waals surface area contributed by atoms with Gasteiger partial charge in [-0.3, -0.25) is 19.7 Å². The van der Waals surface area contributed by atoms with Crippen molar-refractivity contribution in [1.29, 1.82) is 0 Å². The van der Waals surface area contributed by atoms with Crippen molar-refractivity contribution in [2.24, 2.45) is 0 Å². The lowest BCUT2D eigenvalue weighted by Crippen LogP contribution is -2.33. The Hall–Kier alpha value is -4.24. The average Bonchev–Trinajstić information content (AvgIpc) is 3.51. The summed E-state index contributed by atoms with van der Waals surface area (Å²) in [6.45, 7) is 0.480. The Morgan fingerprint density at radius 2 is 1.94 bits per heavy atom. The molecule has 0 aliphatic carbocycles. The summed E-state index contributed by atoms with van der Waals surface area (Å²) < 4.78 is 0. The third kappa shape index (κ3) is 4.01. The van der Waals surface area contributed by atoms with Crippen LogP contribution in [0.25, 0.3) is 22.0 Å². The second-order valence-electron chi connectivity index (χ2n) is 7.68. The first kappa shape index (κ1) is 20.7. The monoisotopic (exact) mass is 442 g/mol. The second-order valence-corrected chi connectivity index (χ2v) is 7.68. The van der Waals surface area contributed by atoms with Crippen LogP contribution in [0.5, 0.6) is 0 Å². The fraction of sp³-hybridized carbons (Fsp3) is 0.167. The number of hydroxylamine groups is 2. The molecule has 0 saturated carbocycles. The van der Waals surface area contributed by atoms with Gasteiger partial charge in [0, 0.05) is 30.6 Å². The van der Waals surface area contributed by atoms with E-state index in [9.17, 15) is 9.59 Å². The number of fused-ring (bicyclic) bond motifs is 1. The van der Waals surface area contributed by atoms with Crippen LogP contribution in [0.1, 0.15) is 28.5 Å². The van der Waals surface area contributed by atoms with E-state index in [-0.39, 0.29) is 18.0 Å². The Labute approximate surface area is 189 Å². The number of hydrogen-bond acceptors (Lipinski definition) is 5. The minimum absolute atomic E-state index is 0.139. The molecule has 166 valence electrons. The molecule has 0 radical (unpaired) electrons. The van der Waals surface area contributed by atoms with E-state index in [2.05, 4.69) is 25.8 Å². The summed E-state index contributed by atoms with van der Waals surface area (Å²) in [5, 5.41) is 14.6. The van der Waals surface area contributed by atoms with E-state index in [0.717, 1.165) is 34.0 Å². The third-order valence-corrected chi connectivity index (χ3v) is 5.62. The minimum Gasteiger partial charge on any atom is -0.354 e. The molecule has 2 aromatic heterocycles. The van der Waals surface area contributed by atoms with Gasteiger partial charge in [-0.2, -0.15) is 10.2 Å². The van der Waals surface area contributed by atoms with Crippen LogP contribution < -0.4 is 10.6 Å². The fourth-order valence-corrected chi connectivity index (χ4v) is 3.98. The molecule has 3 amide bonds. The van der Waals surface area contributed by atoms with Crippen molar-refractivity contribution < 1.29 is 14.4 Å². The molecule has 3 N–H and O–H groups in total.